The van der Waals surface area contributed by atoms with Crippen LogP contribution in [0.2, 0.25) is 0 Å². The Kier molecular flexibility index (Phi) is 4.02. The summed E-state index contributed by atoms with van der Waals surface area (Å²) in [4.78, 5) is 16.6. The van der Waals surface area contributed by atoms with Crippen LogP contribution in [0.15, 0.2) is 5.38 Å². The molecule has 0 saturated carbocycles. The van der Waals surface area contributed by atoms with Crippen molar-refractivity contribution < 1.29 is 4.79 Å². The molecule has 1 fully saturated rings. The summed E-state index contributed by atoms with van der Waals surface area (Å²) in [5.74, 6) is 0.341. The van der Waals surface area contributed by atoms with Gasteiger partial charge in [-0.3, -0.25) is 4.79 Å². The van der Waals surface area contributed by atoms with Crippen LogP contribution >= 0.6 is 11.3 Å². The molecule has 0 unspecified atom stereocenters. The molecule has 5 heteroatoms. The summed E-state index contributed by atoms with van der Waals surface area (Å²) >= 11 is 1.56. The number of nitrogens with one attached hydrogen (secondary N) is 2. The first-order chi connectivity index (χ1) is 8.50. The maximum atomic E-state index is 12.2. The summed E-state index contributed by atoms with van der Waals surface area (Å²) in [6.45, 7) is 8.22. The third-order valence-corrected chi connectivity index (χ3v) is 4.52. The lowest BCUT2D eigenvalue weighted by Crippen LogP contribution is -2.52. The van der Waals surface area contributed by atoms with E-state index in [0.717, 1.165) is 30.9 Å². The van der Waals surface area contributed by atoms with E-state index in [1.807, 2.05) is 5.38 Å². The molecule has 0 spiro atoms. The van der Waals surface area contributed by atoms with Gasteiger partial charge in [0.25, 0.3) is 5.91 Å². The largest absolute Gasteiger partial charge is 0.345 e. The van der Waals surface area contributed by atoms with Crippen molar-refractivity contribution >= 4 is 17.2 Å². The molecule has 2 heterocycles. The van der Waals surface area contributed by atoms with Gasteiger partial charge in [0.05, 0.1) is 5.01 Å². The van der Waals surface area contributed by atoms with Crippen molar-refractivity contribution in [2.45, 2.75) is 45.1 Å². The zero-order valence-electron chi connectivity index (χ0n) is 11.2. The highest BCUT2D eigenvalue weighted by molar-refractivity contribution is 7.09. The molecule has 0 bridgehead atoms. The molecule has 1 amide bonds. The van der Waals surface area contributed by atoms with E-state index in [2.05, 4.69) is 36.4 Å². The molecule has 0 aromatic carbocycles. The van der Waals surface area contributed by atoms with Crippen molar-refractivity contribution in [3.8, 4) is 0 Å². The summed E-state index contributed by atoms with van der Waals surface area (Å²) in [5.41, 5.74) is 0.465. The summed E-state index contributed by atoms with van der Waals surface area (Å²) in [7, 11) is 0. The molecule has 1 saturated heterocycles. The molecule has 0 radical (unpaired) electrons. The topological polar surface area (TPSA) is 54.0 Å². The zero-order chi connectivity index (χ0) is 13.2. The minimum Gasteiger partial charge on any atom is -0.345 e. The van der Waals surface area contributed by atoms with Gasteiger partial charge in [-0.2, -0.15) is 0 Å². The van der Waals surface area contributed by atoms with Gasteiger partial charge in [0, 0.05) is 16.8 Å². The molecule has 4 nitrogen and oxygen atoms in total. The highest BCUT2D eigenvalue weighted by atomic mass is 32.1. The second kappa shape index (κ2) is 5.36. The van der Waals surface area contributed by atoms with E-state index >= 15 is 0 Å². The SMILES string of the molecule is CC(C)c1nc(C(=O)NC2(C)CCNCC2)cs1. The lowest BCUT2D eigenvalue weighted by molar-refractivity contribution is 0.0883. The number of nitrogens with zero attached hydrogens (tertiary/aromatic N) is 1. The zero-order valence-corrected chi connectivity index (χ0v) is 12.1. The average Bonchev–Trinajstić information content (AvgIpc) is 2.78. The molecule has 2 N–H and O–H groups in total. The second-order valence-electron chi connectivity index (χ2n) is 5.49. The molecular weight excluding hydrogens is 246 g/mol. The first-order valence-electron chi connectivity index (χ1n) is 6.49. The van der Waals surface area contributed by atoms with Crippen molar-refractivity contribution in [2.24, 2.45) is 0 Å². The molecule has 1 aliphatic rings. The van der Waals surface area contributed by atoms with Crippen LogP contribution < -0.4 is 10.6 Å². The van der Waals surface area contributed by atoms with Crippen LogP contribution in [0, 0.1) is 0 Å². The Labute approximate surface area is 112 Å². The number of carbonyl (C=O) groups is 1. The van der Waals surface area contributed by atoms with Gasteiger partial charge in [-0.05, 0) is 32.9 Å². The van der Waals surface area contributed by atoms with Gasteiger partial charge < -0.3 is 10.6 Å². The molecule has 1 aliphatic heterocycles. The Morgan fingerprint density at radius 3 is 2.72 bits per heavy atom. The number of piperidine rings is 1. The first-order valence-corrected chi connectivity index (χ1v) is 7.37. The third kappa shape index (κ3) is 3.09. The number of hydrogen-bond acceptors (Lipinski definition) is 4. The third-order valence-electron chi connectivity index (χ3n) is 3.37. The van der Waals surface area contributed by atoms with Crippen LogP contribution in [0.3, 0.4) is 0 Å². The van der Waals surface area contributed by atoms with E-state index in [0.29, 0.717) is 11.6 Å². The Morgan fingerprint density at radius 1 is 1.50 bits per heavy atom. The Hall–Kier alpha value is -0.940. The van der Waals surface area contributed by atoms with E-state index in [1.54, 1.807) is 11.3 Å². The van der Waals surface area contributed by atoms with Gasteiger partial charge >= 0.3 is 0 Å². The highest BCUT2D eigenvalue weighted by Gasteiger charge is 2.29. The molecule has 100 valence electrons. The van der Waals surface area contributed by atoms with Gasteiger partial charge in [-0.1, -0.05) is 13.8 Å². The Balaban J connectivity index is 2.02. The molecule has 2 rings (SSSR count). The van der Waals surface area contributed by atoms with E-state index in [4.69, 9.17) is 0 Å². The fourth-order valence-corrected chi connectivity index (χ4v) is 2.91. The molecule has 18 heavy (non-hydrogen) atoms. The van der Waals surface area contributed by atoms with Crippen molar-refractivity contribution in [1.82, 2.24) is 15.6 Å². The normalized spacial score (nSPS) is 18.9. The summed E-state index contributed by atoms with van der Waals surface area (Å²) < 4.78 is 0. The maximum absolute atomic E-state index is 12.2. The van der Waals surface area contributed by atoms with Gasteiger partial charge in [-0.15, -0.1) is 11.3 Å². The van der Waals surface area contributed by atoms with Crippen LogP contribution in [0.25, 0.3) is 0 Å². The van der Waals surface area contributed by atoms with Crippen molar-refractivity contribution in [2.75, 3.05) is 13.1 Å². The second-order valence-corrected chi connectivity index (χ2v) is 6.38. The van der Waals surface area contributed by atoms with Gasteiger partial charge in [-0.25, -0.2) is 4.98 Å². The van der Waals surface area contributed by atoms with E-state index in [1.165, 1.54) is 0 Å². The van der Waals surface area contributed by atoms with Gasteiger partial charge in [0.2, 0.25) is 0 Å². The quantitative estimate of drug-likeness (QED) is 0.882. The van der Waals surface area contributed by atoms with E-state index in [9.17, 15) is 4.79 Å². The lowest BCUT2D eigenvalue weighted by Gasteiger charge is -2.34. The van der Waals surface area contributed by atoms with Gasteiger partial charge in [0.15, 0.2) is 0 Å². The van der Waals surface area contributed by atoms with E-state index < -0.39 is 0 Å². The number of aromatic nitrogens is 1. The molecule has 0 atom stereocenters. The van der Waals surface area contributed by atoms with Crippen LogP contribution in [0.1, 0.15) is 55.0 Å². The number of thiazole rings is 1. The smallest absolute Gasteiger partial charge is 0.271 e. The Bertz CT molecular complexity index is 422. The van der Waals surface area contributed by atoms with Crippen molar-refractivity contribution in [1.29, 1.82) is 0 Å². The predicted molar refractivity (Wildman–Crippen MR) is 74.2 cm³/mol. The first kappa shape index (κ1) is 13.5. The molecule has 0 aliphatic carbocycles. The van der Waals surface area contributed by atoms with Crippen molar-refractivity contribution in [3.05, 3.63) is 16.1 Å². The predicted octanol–water partition coefficient (Wildman–Crippen LogP) is 2.14. The fourth-order valence-electron chi connectivity index (χ4n) is 2.10. The molecule has 1 aromatic heterocycles. The fraction of sp³-hybridized carbons (Fsp3) is 0.692. The summed E-state index contributed by atoms with van der Waals surface area (Å²) in [5, 5.41) is 9.32. The number of rotatable bonds is 3. The summed E-state index contributed by atoms with van der Waals surface area (Å²) in [6, 6.07) is 0. The standard InChI is InChI=1S/C13H21N3OS/c1-9(2)12-15-10(8-18-12)11(17)16-13(3)4-6-14-7-5-13/h8-9,14H,4-7H2,1-3H3,(H,16,17). The maximum Gasteiger partial charge on any atom is 0.271 e. The minimum absolute atomic E-state index is 0.0393. The average molecular weight is 267 g/mol. The number of hydrogen-bond donors (Lipinski definition) is 2. The molecule has 1 aromatic rings. The van der Waals surface area contributed by atoms with Crippen LogP contribution in [0.4, 0.5) is 0 Å². The van der Waals surface area contributed by atoms with Crippen LogP contribution in [-0.2, 0) is 0 Å². The monoisotopic (exact) mass is 267 g/mol. The number of amides is 1. The van der Waals surface area contributed by atoms with Gasteiger partial charge in [0.1, 0.15) is 5.69 Å². The highest BCUT2D eigenvalue weighted by Crippen LogP contribution is 2.21. The lowest BCUT2D eigenvalue weighted by atomic mass is 9.90. The van der Waals surface area contributed by atoms with Crippen LogP contribution in [-0.4, -0.2) is 29.5 Å². The number of carbonyl (C=O) groups excluding carboxylic acids is 1. The minimum atomic E-state index is -0.0933. The Morgan fingerprint density at radius 2 is 2.17 bits per heavy atom. The molecular formula is C13H21N3OS. The van der Waals surface area contributed by atoms with E-state index in [-0.39, 0.29) is 11.4 Å². The summed E-state index contributed by atoms with van der Waals surface area (Å²) in [6.07, 6.45) is 1.94. The van der Waals surface area contributed by atoms with Crippen molar-refractivity contribution in [3.63, 3.8) is 0 Å². The van der Waals surface area contributed by atoms with Crippen LogP contribution in [0.5, 0.6) is 0 Å².